The molecule has 4 bridgehead atoms. The number of rotatable bonds is 1. The summed E-state index contributed by atoms with van der Waals surface area (Å²) in [6.45, 7) is 0. The van der Waals surface area contributed by atoms with Crippen LogP contribution < -0.4 is 0 Å². The highest BCUT2D eigenvalue weighted by molar-refractivity contribution is 5.36. The van der Waals surface area contributed by atoms with Crippen molar-refractivity contribution in [3.05, 3.63) is 35.4 Å². The van der Waals surface area contributed by atoms with Gasteiger partial charge in [-0.15, -0.1) is 0 Å². The summed E-state index contributed by atoms with van der Waals surface area (Å²) in [5, 5.41) is 8.91. The van der Waals surface area contributed by atoms with E-state index in [0.29, 0.717) is 5.41 Å². The third kappa shape index (κ3) is 1.45. The largest absolute Gasteiger partial charge is 0.192 e. The molecule has 5 rings (SSSR count). The van der Waals surface area contributed by atoms with Gasteiger partial charge in [-0.25, -0.2) is 0 Å². The van der Waals surface area contributed by atoms with E-state index in [0.717, 1.165) is 23.3 Å². The van der Waals surface area contributed by atoms with E-state index in [1.807, 2.05) is 12.1 Å². The van der Waals surface area contributed by atoms with Gasteiger partial charge in [0.05, 0.1) is 11.6 Å². The zero-order valence-corrected chi connectivity index (χ0v) is 10.7. The van der Waals surface area contributed by atoms with E-state index in [-0.39, 0.29) is 0 Å². The minimum absolute atomic E-state index is 0.475. The molecule has 4 saturated carbocycles. The molecule has 0 heterocycles. The summed E-state index contributed by atoms with van der Waals surface area (Å²) in [6, 6.07) is 10.7. The van der Waals surface area contributed by atoms with Gasteiger partial charge in [0.25, 0.3) is 0 Å². The van der Waals surface area contributed by atoms with Crippen molar-refractivity contribution in [2.75, 3.05) is 0 Å². The minimum Gasteiger partial charge on any atom is -0.192 e. The predicted molar refractivity (Wildman–Crippen MR) is 71.0 cm³/mol. The van der Waals surface area contributed by atoms with E-state index in [4.69, 9.17) is 5.26 Å². The highest BCUT2D eigenvalue weighted by Gasteiger charge is 2.51. The average Bonchev–Trinajstić information content (AvgIpc) is 2.37. The summed E-state index contributed by atoms with van der Waals surface area (Å²) < 4.78 is 0. The van der Waals surface area contributed by atoms with Gasteiger partial charge in [-0.3, -0.25) is 0 Å². The molecule has 18 heavy (non-hydrogen) atoms. The van der Waals surface area contributed by atoms with Crippen LogP contribution in [-0.4, -0.2) is 0 Å². The van der Waals surface area contributed by atoms with Crippen molar-refractivity contribution in [2.24, 2.45) is 17.8 Å². The molecule has 1 heteroatoms. The first-order chi connectivity index (χ1) is 8.77. The molecule has 0 aromatic heterocycles. The van der Waals surface area contributed by atoms with E-state index < -0.39 is 0 Å². The summed E-state index contributed by atoms with van der Waals surface area (Å²) in [6.07, 6.45) is 8.71. The Balaban J connectivity index is 1.72. The van der Waals surface area contributed by atoms with Crippen LogP contribution in [-0.2, 0) is 5.41 Å². The fourth-order valence-electron chi connectivity index (χ4n) is 5.36. The van der Waals surface area contributed by atoms with Crippen molar-refractivity contribution in [1.29, 1.82) is 5.26 Å². The first-order valence-electron chi connectivity index (χ1n) is 7.28. The van der Waals surface area contributed by atoms with Crippen molar-refractivity contribution >= 4 is 0 Å². The van der Waals surface area contributed by atoms with Crippen LogP contribution in [0.4, 0.5) is 0 Å². The van der Waals surface area contributed by atoms with Gasteiger partial charge < -0.3 is 0 Å². The summed E-state index contributed by atoms with van der Waals surface area (Å²) >= 11 is 0. The van der Waals surface area contributed by atoms with Gasteiger partial charge in [-0.2, -0.15) is 5.26 Å². The van der Waals surface area contributed by atoms with Gasteiger partial charge in [-0.05, 0) is 79.4 Å². The van der Waals surface area contributed by atoms with Crippen molar-refractivity contribution in [3.63, 3.8) is 0 Å². The summed E-state index contributed by atoms with van der Waals surface area (Å²) in [5.41, 5.74) is 2.78. The van der Waals surface area contributed by atoms with E-state index in [9.17, 15) is 0 Å². The Hall–Kier alpha value is -1.29. The summed E-state index contributed by atoms with van der Waals surface area (Å²) in [5.74, 6) is 2.98. The number of nitriles is 1. The molecule has 4 aliphatic carbocycles. The molecular formula is C17H19N. The van der Waals surface area contributed by atoms with E-state index >= 15 is 0 Å². The topological polar surface area (TPSA) is 23.8 Å². The Morgan fingerprint density at radius 2 is 1.39 bits per heavy atom. The lowest BCUT2D eigenvalue weighted by molar-refractivity contribution is -0.00518. The predicted octanol–water partition coefficient (Wildman–Crippen LogP) is 4.03. The molecule has 0 radical (unpaired) electrons. The Morgan fingerprint density at radius 1 is 0.889 bits per heavy atom. The highest BCUT2D eigenvalue weighted by Crippen LogP contribution is 2.60. The zero-order valence-electron chi connectivity index (χ0n) is 10.7. The maximum atomic E-state index is 8.91. The highest BCUT2D eigenvalue weighted by atomic mass is 14.6. The Labute approximate surface area is 109 Å². The SMILES string of the molecule is N#Cc1ccc(C23CC4CC(CC(C4)C2)C3)cc1. The second kappa shape index (κ2) is 3.60. The molecule has 0 aliphatic heterocycles. The lowest BCUT2D eigenvalue weighted by atomic mass is 9.48. The van der Waals surface area contributed by atoms with Crippen LogP contribution in [0.5, 0.6) is 0 Å². The zero-order chi connectivity index (χ0) is 12.2. The molecule has 0 atom stereocenters. The normalized spacial score (nSPS) is 40.7. The quantitative estimate of drug-likeness (QED) is 0.723. The molecule has 4 aliphatic rings. The maximum absolute atomic E-state index is 8.91. The molecule has 0 saturated heterocycles. The van der Waals surface area contributed by atoms with Crippen molar-refractivity contribution in [2.45, 2.75) is 43.9 Å². The van der Waals surface area contributed by atoms with Gasteiger partial charge >= 0.3 is 0 Å². The molecule has 1 nitrogen and oxygen atoms in total. The molecular weight excluding hydrogens is 218 g/mol. The molecule has 0 unspecified atom stereocenters. The smallest absolute Gasteiger partial charge is 0.0991 e. The number of benzene rings is 1. The standard InChI is InChI=1S/C17H19N/c18-11-12-1-3-16(4-2-12)17-8-13-5-14(9-17)7-15(6-13)10-17/h1-4,13-15H,5-10H2. The second-order valence-electron chi connectivity index (χ2n) is 6.89. The van der Waals surface area contributed by atoms with Gasteiger partial charge in [0.2, 0.25) is 0 Å². The third-order valence-corrected chi connectivity index (χ3v) is 5.66. The first kappa shape index (κ1) is 10.6. The van der Waals surface area contributed by atoms with Crippen molar-refractivity contribution < 1.29 is 0 Å². The van der Waals surface area contributed by atoms with Crippen molar-refractivity contribution in [3.8, 4) is 6.07 Å². The monoisotopic (exact) mass is 237 g/mol. The number of hydrogen-bond donors (Lipinski definition) is 0. The second-order valence-corrected chi connectivity index (χ2v) is 6.89. The van der Waals surface area contributed by atoms with Gasteiger partial charge in [0.1, 0.15) is 0 Å². The molecule has 0 spiro atoms. The molecule has 1 aromatic rings. The van der Waals surface area contributed by atoms with Gasteiger partial charge in [0, 0.05) is 0 Å². The third-order valence-electron chi connectivity index (χ3n) is 5.66. The van der Waals surface area contributed by atoms with Crippen molar-refractivity contribution in [1.82, 2.24) is 0 Å². The maximum Gasteiger partial charge on any atom is 0.0991 e. The fraction of sp³-hybridized carbons (Fsp3) is 0.588. The lowest BCUT2D eigenvalue weighted by Gasteiger charge is -2.57. The van der Waals surface area contributed by atoms with Gasteiger partial charge in [0.15, 0.2) is 0 Å². The van der Waals surface area contributed by atoms with Crippen LogP contribution in [0.25, 0.3) is 0 Å². The minimum atomic E-state index is 0.475. The molecule has 92 valence electrons. The van der Waals surface area contributed by atoms with E-state index in [1.165, 1.54) is 44.1 Å². The molecule has 0 N–H and O–H groups in total. The van der Waals surface area contributed by atoms with Crippen LogP contribution in [0.1, 0.15) is 49.7 Å². The van der Waals surface area contributed by atoms with Gasteiger partial charge in [-0.1, -0.05) is 12.1 Å². The Bertz CT molecular complexity index is 470. The van der Waals surface area contributed by atoms with Crippen LogP contribution in [0.2, 0.25) is 0 Å². The summed E-state index contributed by atoms with van der Waals surface area (Å²) in [7, 11) is 0. The molecule has 0 amide bonds. The fourth-order valence-corrected chi connectivity index (χ4v) is 5.36. The number of nitrogens with zero attached hydrogens (tertiary/aromatic N) is 1. The lowest BCUT2D eigenvalue weighted by Crippen LogP contribution is -2.48. The molecule has 4 fully saturated rings. The molecule has 1 aromatic carbocycles. The first-order valence-corrected chi connectivity index (χ1v) is 7.28. The van der Waals surface area contributed by atoms with E-state index in [1.54, 1.807) is 0 Å². The van der Waals surface area contributed by atoms with Crippen LogP contribution >= 0.6 is 0 Å². The average molecular weight is 237 g/mol. The van der Waals surface area contributed by atoms with Crippen LogP contribution in [0.15, 0.2) is 24.3 Å². The number of hydrogen-bond acceptors (Lipinski definition) is 1. The summed E-state index contributed by atoms with van der Waals surface area (Å²) in [4.78, 5) is 0. The van der Waals surface area contributed by atoms with Crippen LogP contribution in [0, 0.1) is 29.1 Å². The van der Waals surface area contributed by atoms with Crippen LogP contribution in [0.3, 0.4) is 0 Å². The van der Waals surface area contributed by atoms with E-state index in [2.05, 4.69) is 18.2 Å². The Morgan fingerprint density at radius 3 is 1.83 bits per heavy atom. The Kier molecular flexibility index (Phi) is 2.13.